The molecule has 1 aliphatic heterocycles. The lowest BCUT2D eigenvalue weighted by Gasteiger charge is -2.04. The fourth-order valence-corrected chi connectivity index (χ4v) is 2.29. The van der Waals surface area contributed by atoms with Crippen molar-refractivity contribution >= 4 is 26.9 Å². The number of furan rings is 1. The molecule has 0 unspecified atom stereocenters. The SMILES string of the molecule is Brc1c(C2OCCO2)oc2ccccc12. The van der Waals surface area contributed by atoms with Gasteiger partial charge >= 0.3 is 0 Å². The first kappa shape index (κ1) is 9.39. The third-order valence-electron chi connectivity index (χ3n) is 2.40. The molecule has 2 heterocycles. The number of para-hydroxylation sites is 1. The zero-order valence-electron chi connectivity index (χ0n) is 7.90. The van der Waals surface area contributed by atoms with E-state index in [1.54, 1.807) is 0 Å². The number of halogens is 1. The van der Waals surface area contributed by atoms with Crippen molar-refractivity contribution in [1.82, 2.24) is 0 Å². The van der Waals surface area contributed by atoms with Gasteiger partial charge < -0.3 is 13.9 Å². The highest BCUT2D eigenvalue weighted by Gasteiger charge is 2.25. The number of rotatable bonds is 1. The molecule has 1 aromatic heterocycles. The highest BCUT2D eigenvalue weighted by atomic mass is 79.9. The van der Waals surface area contributed by atoms with Gasteiger partial charge in [-0.05, 0) is 28.1 Å². The van der Waals surface area contributed by atoms with E-state index in [-0.39, 0.29) is 6.29 Å². The Kier molecular flexibility index (Phi) is 2.27. The quantitative estimate of drug-likeness (QED) is 0.796. The van der Waals surface area contributed by atoms with Gasteiger partial charge in [-0.25, -0.2) is 0 Å². The average molecular weight is 269 g/mol. The molecule has 0 atom stereocenters. The molecule has 2 aromatic rings. The summed E-state index contributed by atoms with van der Waals surface area (Å²) in [6, 6.07) is 7.85. The van der Waals surface area contributed by atoms with Crippen molar-refractivity contribution in [2.24, 2.45) is 0 Å². The molecule has 4 heteroatoms. The fraction of sp³-hybridized carbons (Fsp3) is 0.273. The van der Waals surface area contributed by atoms with Gasteiger partial charge in [0.1, 0.15) is 5.58 Å². The molecular weight excluding hydrogens is 260 g/mol. The Bertz CT molecular complexity index is 486. The lowest BCUT2D eigenvalue weighted by molar-refractivity contribution is -0.0586. The summed E-state index contributed by atoms with van der Waals surface area (Å²) >= 11 is 3.51. The van der Waals surface area contributed by atoms with Gasteiger partial charge in [-0.15, -0.1) is 0 Å². The van der Waals surface area contributed by atoms with Crippen LogP contribution in [-0.2, 0) is 9.47 Å². The van der Waals surface area contributed by atoms with E-state index in [1.165, 1.54) is 0 Å². The topological polar surface area (TPSA) is 31.6 Å². The van der Waals surface area contributed by atoms with Crippen molar-refractivity contribution in [3.8, 4) is 0 Å². The van der Waals surface area contributed by atoms with Crippen LogP contribution in [0.25, 0.3) is 11.0 Å². The molecule has 78 valence electrons. The zero-order chi connectivity index (χ0) is 10.3. The summed E-state index contributed by atoms with van der Waals surface area (Å²) in [5, 5.41) is 1.05. The van der Waals surface area contributed by atoms with Crippen LogP contribution >= 0.6 is 15.9 Å². The predicted octanol–water partition coefficient (Wildman–Crippen LogP) is 3.24. The Morgan fingerprint density at radius 1 is 1.13 bits per heavy atom. The molecule has 0 saturated carbocycles. The van der Waals surface area contributed by atoms with E-state index >= 15 is 0 Å². The van der Waals surface area contributed by atoms with Crippen LogP contribution in [0.1, 0.15) is 12.1 Å². The molecule has 0 amide bonds. The molecule has 0 aliphatic carbocycles. The fourth-order valence-electron chi connectivity index (χ4n) is 1.69. The maximum atomic E-state index is 5.69. The maximum absolute atomic E-state index is 5.69. The molecule has 15 heavy (non-hydrogen) atoms. The molecule has 1 saturated heterocycles. The second-order valence-electron chi connectivity index (χ2n) is 3.35. The Labute approximate surface area is 95.1 Å². The van der Waals surface area contributed by atoms with E-state index in [4.69, 9.17) is 13.9 Å². The summed E-state index contributed by atoms with van der Waals surface area (Å²) in [5.41, 5.74) is 0.846. The standard InChI is InChI=1S/C11H9BrO3/c12-9-7-3-1-2-4-8(7)15-10(9)11-13-5-6-14-11/h1-4,11H,5-6H2. The molecule has 0 N–H and O–H groups in total. The van der Waals surface area contributed by atoms with Gasteiger partial charge in [-0.2, -0.15) is 0 Å². The van der Waals surface area contributed by atoms with E-state index in [2.05, 4.69) is 15.9 Å². The molecular formula is C11H9BrO3. The molecule has 0 spiro atoms. The zero-order valence-corrected chi connectivity index (χ0v) is 9.49. The first-order valence-electron chi connectivity index (χ1n) is 4.76. The second-order valence-corrected chi connectivity index (χ2v) is 4.14. The number of ether oxygens (including phenoxy) is 2. The van der Waals surface area contributed by atoms with Crippen molar-refractivity contribution in [2.75, 3.05) is 13.2 Å². The van der Waals surface area contributed by atoms with Crippen molar-refractivity contribution in [2.45, 2.75) is 6.29 Å². The molecule has 1 fully saturated rings. The third-order valence-corrected chi connectivity index (χ3v) is 3.21. The van der Waals surface area contributed by atoms with E-state index in [0.717, 1.165) is 15.4 Å². The molecule has 3 rings (SSSR count). The van der Waals surface area contributed by atoms with Crippen LogP contribution in [0, 0.1) is 0 Å². The van der Waals surface area contributed by atoms with E-state index in [1.807, 2.05) is 24.3 Å². The Morgan fingerprint density at radius 3 is 2.60 bits per heavy atom. The summed E-state index contributed by atoms with van der Waals surface area (Å²) in [5.74, 6) is 0.716. The Balaban J connectivity index is 2.14. The van der Waals surface area contributed by atoms with Crippen molar-refractivity contribution in [3.05, 3.63) is 34.5 Å². The smallest absolute Gasteiger partial charge is 0.218 e. The minimum Gasteiger partial charge on any atom is -0.454 e. The highest BCUT2D eigenvalue weighted by molar-refractivity contribution is 9.10. The average Bonchev–Trinajstić information content (AvgIpc) is 2.87. The number of hydrogen-bond acceptors (Lipinski definition) is 3. The van der Waals surface area contributed by atoms with Gasteiger partial charge in [-0.1, -0.05) is 12.1 Å². The minimum absolute atomic E-state index is 0.369. The predicted molar refractivity (Wildman–Crippen MR) is 58.6 cm³/mol. The molecule has 3 nitrogen and oxygen atoms in total. The van der Waals surface area contributed by atoms with Crippen LogP contribution in [0.4, 0.5) is 0 Å². The van der Waals surface area contributed by atoms with Crippen LogP contribution in [-0.4, -0.2) is 13.2 Å². The van der Waals surface area contributed by atoms with Gasteiger partial charge in [0.2, 0.25) is 6.29 Å². The number of fused-ring (bicyclic) bond motifs is 1. The van der Waals surface area contributed by atoms with Gasteiger partial charge in [0.25, 0.3) is 0 Å². The van der Waals surface area contributed by atoms with Crippen molar-refractivity contribution < 1.29 is 13.9 Å². The van der Waals surface area contributed by atoms with Crippen molar-refractivity contribution in [3.63, 3.8) is 0 Å². The first-order chi connectivity index (χ1) is 7.36. The summed E-state index contributed by atoms with van der Waals surface area (Å²) in [6.07, 6.45) is -0.369. The van der Waals surface area contributed by atoms with Crippen LogP contribution in [0.5, 0.6) is 0 Å². The van der Waals surface area contributed by atoms with Crippen LogP contribution in [0.2, 0.25) is 0 Å². The molecule has 1 aromatic carbocycles. The largest absolute Gasteiger partial charge is 0.454 e. The molecule has 0 bridgehead atoms. The lowest BCUT2D eigenvalue weighted by Crippen LogP contribution is -1.96. The molecule has 0 radical (unpaired) electrons. The highest BCUT2D eigenvalue weighted by Crippen LogP contribution is 2.37. The summed E-state index contributed by atoms with van der Waals surface area (Å²) in [4.78, 5) is 0. The summed E-state index contributed by atoms with van der Waals surface area (Å²) in [6.45, 7) is 1.24. The van der Waals surface area contributed by atoms with Gasteiger partial charge in [-0.3, -0.25) is 0 Å². The molecule has 1 aliphatic rings. The number of hydrogen-bond donors (Lipinski definition) is 0. The van der Waals surface area contributed by atoms with Crippen LogP contribution < -0.4 is 0 Å². The van der Waals surface area contributed by atoms with E-state index < -0.39 is 0 Å². The third kappa shape index (κ3) is 1.49. The van der Waals surface area contributed by atoms with Gasteiger partial charge in [0.15, 0.2) is 5.76 Å². The minimum atomic E-state index is -0.369. The number of benzene rings is 1. The summed E-state index contributed by atoms with van der Waals surface area (Å²) in [7, 11) is 0. The van der Waals surface area contributed by atoms with Gasteiger partial charge in [0, 0.05) is 5.39 Å². The lowest BCUT2D eigenvalue weighted by atomic mass is 10.2. The summed E-state index contributed by atoms with van der Waals surface area (Å²) < 4.78 is 17.4. The van der Waals surface area contributed by atoms with Crippen LogP contribution in [0.15, 0.2) is 33.2 Å². The van der Waals surface area contributed by atoms with E-state index in [0.29, 0.717) is 19.0 Å². The Morgan fingerprint density at radius 2 is 1.87 bits per heavy atom. The first-order valence-corrected chi connectivity index (χ1v) is 5.56. The Hall–Kier alpha value is -0.840. The van der Waals surface area contributed by atoms with Gasteiger partial charge in [0.05, 0.1) is 17.7 Å². The normalized spacial score (nSPS) is 17.7. The van der Waals surface area contributed by atoms with Crippen LogP contribution in [0.3, 0.4) is 0 Å². The monoisotopic (exact) mass is 268 g/mol. The second kappa shape index (κ2) is 3.63. The van der Waals surface area contributed by atoms with E-state index in [9.17, 15) is 0 Å². The maximum Gasteiger partial charge on any atom is 0.218 e. The van der Waals surface area contributed by atoms with Crippen molar-refractivity contribution in [1.29, 1.82) is 0 Å².